The molecule has 0 bridgehead atoms. The van der Waals surface area contributed by atoms with Crippen LogP contribution in [0.1, 0.15) is 39.0 Å². The molecule has 1 aliphatic carbocycles. The number of nitrogens with zero attached hydrogens (tertiary/aromatic N) is 1. The first kappa shape index (κ1) is 8.79. The summed E-state index contributed by atoms with van der Waals surface area (Å²) in [7, 11) is 0. The Morgan fingerprint density at radius 3 is 2.54 bits per heavy atom. The van der Waals surface area contributed by atoms with Gasteiger partial charge in [0.1, 0.15) is 0 Å². The minimum absolute atomic E-state index is 0.270. The van der Waals surface area contributed by atoms with E-state index in [0.29, 0.717) is 6.04 Å². The van der Waals surface area contributed by atoms with Gasteiger partial charge in [0.2, 0.25) is 5.91 Å². The minimum atomic E-state index is 0.270. The van der Waals surface area contributed by atoms with Crippen molar-refractivity contribution in [2.75, 3.05) is 6.54 Å². The SMILES string of the molecule is CC1=CCN(C2CCCCC2)C1=O. The van der Waals surface area contributed by atoms with E-state index in [-0.39, 0.29) is 5.91 Å². The van der Waals surface area contributed by atoms with Crippen molar-refractivity contribution in [3.05, 3.63) is 11.6 Å². The van der Waals surface area contributed by atoms with E-state index in [1.165, 1.54) is 32.1 Å². The molecule has 0 aromatic carbocycles. The van der Waals surface area contributed by atoms with Crippen LogP contribution in [0.5, 0.6) is 0 Å². The lowest BCUT2D eigenvalue weighted by Gasteiger charge is -2.31. The molecule has 0 radical (unpaired) electrons. The molecular formula is C11H17NO. The van der Waals surface area contributed by atoms with Gasteiger partial charge in [0, 0.05) is 18.2 Å². The topological polar surface area (TPSA) is 20.3 Å². The summed E-state index contributed by atoms with van der Waals surface area (Å²) < 4.78 is 0. The summed E-state index contributed by atoms with van der Waals surface area (Å²) in [5, 5.41) is 0. The van der Waals surface area contributed by atoms with Gasteiger partial charge in [-0.05, 0) is 19.8 Å². The molecule has 2 aliphatic rings. The van der Waals surface area contributed by atoms with E-state index in [9.17, 15) is 4.79 Å². The highest BCUT2D eigenvalue weighted by Crippen LogP contribution is 2.25. The second kappa shape index (κ2) is 3.52. The van der Waals surface area contributed by atoms with Gasteiger partial charge in [-0.25, -0.2) is 0 Å². The molecular weight excluding hydrogens is 162 g/mol. The van der Waals surface area contributed by atoms with Crippen LogP contribution in [-0.4, -0.2) is 23.4 Å². The maximum atomic E-state index is 11.7. The number of carbonyl (C=O) groups is 1. The lowest BCUT2D eigenvalue weighted by atomic mass is 9.94. The highest BCUT2D eigenvalue weighted by atomic mass is 16.2. The van der Waals surface area contributed by atoms with Crippen LogP contribution >= 0.6 is 0 Å². The number of rotatable bonds is 1. The molecule has 2 rings (SSSR count). The standard InChI is InChI=1S/C11H17NO/c1-9-7-8-12(11(9)13)10-5-3-2-4-6-10/h7,10H,2-6,8H2,1H3. The molecule has 0 unspecified atom stereocenters. The molecule has 0 spiro atoms. The van der Waals surface area contributed by atoms with Gasteiger partial charge in [0.25, 0.3) is 0 Å². The predicted octanol–water partition coefficient (Wildman–Crippen LogP) is 2.11. The molecule has 1 heterocycles. The van der Waals surface area contributed by atoms with Gasteiger partial charge < -0.3 is 4.90 Å². The molecule has 0 aromatic heterocycles. The summed E-state index contributed by atoms with van der Waals surface area (Å²) in [4.78, 5) is 13.7. The van der Waals surface area contributed by atoms with Crippen LogP contribution in [0.2, 0.25) is 0 Å². The van der Waals surface area contributed by atoms with E-state index in [1.807, 2.05) is 6.92 Å². The second-order valence-electron chi connectivity index (χ2n) is 4.14. The maximum absolute atomic E-state index is 11.7. The highest BCUT2D eigenvalue weighted by Gasteiger charge is 2.28. The van der Waals surface area contributed by atoms with Crippen molar-refractivity contribution >= 4 is 5.91 Å². The molecule has 0 aromatic rings. The molecule has 2 nitrogen and oxygen atoms in total. The Kier molecular flexibility index (Phi) is 2.38. The Bertz CT molecular complexity index is 238. The monoisotopic (exact) mass is 179 g/mol. The number of hydrogen-bond acceptors (Lipinski definition) is 1. The zero-order valence-electron chi connectivity index (χ0n) is 8.25. The summed E-state index contributed by atoms with van der Waals surface area (Å²) in [5.74, 6) is 0.270. The summed E-state index contributed by atoms with van der Waals surface area (Å²) in [5.41, 5.74) is 0.936. The Labute approximate surface area is 79.6 Å². The van der Waals surface area contributed by atoms with Crippen molar-refractivity contribution in [2.24, 2.45) is 0 Å². The summed E-state index contributed by atoms with van der Waals surface area (Å²) in [6, 6.07) is 0.537. The number of amides is 1. The van der Waals surface area contributed by atoms with Crippen LogP contribution in [0.4, 0.5) is 0 Å². The largest absolute Gasteiger partial charge is 0.332 e. The van der Waals surface area contributed by atoms with Crippen molar-refractivity contribution in [2.45, 2.75) is 45.1 Å². The molecule has 1 fully saturated rings. The van der Waals surface area contributed by atoms with Gasteiger partial charge in [0.15, 0.2) is 0 Å². The van der Waals surface area contributed by atoms with Crippen molar-refractivity contribution < 1.29 is 4.79 Å². The summed E-state index contributed by atoms with van der Waals surface area (Å²) in [6.45, 7) is 2.78. The molecule has 1 saturated carbocycles. The number of hydrogen-bond donors (Lipinski definition) is 0. The second-order valence-corrected chi connectivity index (χ2v) is 4.14. The minimum Gasteiger partial charge on any atom is -0.332 e. The molecule has 0 N–H and O–H groups in total. The van der Waals surface area contributed by atoms with Crippen molar-refractivity contribution in [1.82, 2.24) is 4.90 Å². The quantitative estimate of drug-likeness (QED) is 0.603. The van der Waals surface area contributed by atoms with Gasteiger partial charge in [-0.3, -0.25) is 4.79 Å². The Hall–Kier alpha value is -0.790. The van der Waals surface area contributed by atoms with E-state index < -0.39 is 0 Å². The van der Waals surface area contributed by atoms with Crippen LogP contribution in [0, 0.1) is 0 Å². The zero-order valence-corrected chi connectivity index (χ0v) is 8.25. The van der Waals surface area contributed by atoms with Gasteiger partial charge in [0.05, 0.1) is 0 Å². The smallest absolute Gasteiger partial charge is 0.249 e. The third-order valence-electron chi connectivity index (χ3n) is 3.21. The van der Waals surface area contributed by atoms with Gasteiger partial charge >= 0.3 is 0 Å². The molecule has 72 valence electrons. The fraction of sp³-hybridized carbons (Fsp3) is 0.727. The van der Waals surface area contributed by atoms with Gasteiger partial charge in [-0.2, -0.15) is 0 Å². The highest BCUT2D eigenvalue weighted by molar-refractivity contribution is 5.95. The van der Waals surface area contributed by atoms with Crippen molar-refractivity contribution in [1.29, 1.82) is 0 Å². The average molecular weight is 179 g/mol. The zero-order chi connectivity index (χ0) is 9.26. The number of carbonyl (C=O) groups excluding carboxylic acids is 1. The van der Waals surface area contributed by atoms with Crippen LogP contribution in [0.3, 0.4) is 0 Å². The predicted molar refractivity (Wildman–Crippen MR) is 52.3 cm³/mol. The van der Waals surface area contributed by atoms with Gasteiger partial charge in [-0.1, -0.05) is 25.3 Å². The van der Waals surface area contributed by atoms with E-state index in [4.69, 9.17) is 0 Å². The molecule has 13 heavy (non-hydrogen) atoms. The van der Waals surface area contributed by atoms with E-state index in [1.54, 1.807) is 0 Å². The summed E-state index contributed by atoms with van der Waals surface area (Å²) in [6.07, 6.45) is 8.43. The van der Waals surface area contributed by atoms with Crippen LogP contribution in [-0.2, 0) is 4.79 Å². The Morgan fingerprint density at radius 2 is 2.00 bits per heavy atom. The van der Waals surface area contributed by atoms with Crippen molar-refractivity contribution in [3.8, 4) is 0 Å². The fourth-order valence-corrected chi connectivity index (χ4v) is 2.34. The summed E-state index contributed by atoms with van der Waals surface area (Å²) >= 11 is 0. The van der Waals surface area contributed by atoms with Crippen LogP contribution in [0.25, 0.3) is 0 Å². The normalized spacial score (nSPS) is 25.2. The molecule has 0 atom stereocenters. The average Bonchev–Trinajstić information content (AvgIpc) is 2.49. The third kappa shape index (κ3) is 1.62. The molecule has 0 saturated heterocycles. The molecule has 1 aliphatic heterocycles. The maximum Gasteiger partial charge on any atom is 0.249 e. The van der Waals surface area contributed by atoms with E-state index >= 15 is 0 Å². The Balaban J connectivity index is 1.98. The van der Waals surface area contributed by atoms with Gasteiger partial charge in [-0.15, -0.1) is 0 Å². The van der Waals surface area contributed by atoms with Crippen LogP contribution in [0.15, 0.2) is 11.6 Å². The third-order valence-corrected chi connectivity index (χ3v) is 3.21. The first-order valence-corrected chi connectivity index (χ1v) is 5.27. The van der Waals surface area contributed by atoms with Crippen molar-refractivity contribution in [3.63, 3.8) is 0 Å². The Morgan fingerprint density at radius 1 is 1.31 bits per heavy atom. The van der Waals surface area contributed by atoms with Crippen LogP contribution < -0.4 is 0 Å². The first-order chi connectivity index (χ1) is 6.29. The lowest BCUT2D eigenvalue weighted by molar-refractivity contribution is -0.128. The molecule has 1 amide bonds. The van der Waals surface area contributed by atoms with E-state index in [2.05, 4.69) is 11.0 Å². The van der Waals surface area contributed by atoms with E-state index in [0.717, 1.165) is 12.1 Å². The fourth-order valence-electron chi connectivity index (χ4n) is 2.34. The molecule has 2 heteroatoms. The first-order valence-electron chi connectivity index (χ1n) is 5.27. The lowest BCUT2D eigenvalue weighted by Crippen LogP contribution is -2.38.